The molecular formula is C17H28N4O3. The monoisotopic (exact) mass is 336 g/mol. The highest BCUT2D eigenvalue weighted by atomic mass is 16.2. The van der Waals surface area contributed by atoms with Gasteiger partial charge in [-0.15, -0.1) is 0 Å². The van der Waals surface area contributed by atoms with E-state index in [0.717, 1.165) is 45.3 Å². The van der Waals surface area contributed by atoms with Crippen molar-refractivity contribution < 1.29 is 14.4 Å². The molecule has 24 heavy (non-hydrogen) atoms. The molecule has 0 bridgehead atoms. The number of hydrogen-bond acceptors (Lipinski definition) is 4. The Balaban J connectivity index is 1.58. The van der Waals surface area contributed by atoms with E-state index >= 15 is 0 Å². The number of rotatable bonds is 3. The molecule has 3 saturated heterocycles. The summed E-state index contributed by atoms with van der Waals surface area (Å²) in [6.45, 7) is 5.49. The number of carbonyl (C=O) groups excluding carboxylic acids is 3. The molecule has 0 aromatic rings. The number of urea groups is 1. The first kappa shape index (κ1) is 17.2. The zero-order chi connectivity index (χ0) is 17.2. The minimum Gasteiger partial charge on any atom is -0.342 e. The minimum absolute atomic E-state index is 0.0367. The lowest BCUT2D eigenvalue weighted by Gasteiger charge is -2.39. The number of nitrogens with zero attached hydrogens (tertiary/aromatic N) is 2. The molecule has 3 heterocycles. The second-order valence-corrected chi connectivity index (χ2v) is 7.48. The maximum Gasteiger partial charge on any atom is 0.322 e. The number of likely N-dealkylation sites (tertiary alicyclic amines) is 2. The fourth-order valence-corrected chi connectivity index (χ4v) is 4.13. The number of carbonyl (C=O) groups is 3. The van der Waals surface area contributed by atoms with E-state index in [-0.39, 0.29) is 17.7 Å². The molecule has 3 aliphatic heterocycles. The van der Waals surface area contributed by atoms with Crippen LogP contribution in [0, 0.1) is 5.92 Å². The molecular weight excluding hydrogens is 308 g/mol. The normalized spacial score (nSPS) is 32.2. The van der Waals surface area contributed by atoms with Gasteiger partial charge < -0.3 is 10.2 Å². The van der Waals surface area contributed by atoms with Crippen molar-refractivity contribution in [3.05, 3.63) is 0 Å². The second kappa shape index (κ2) is 7.09. The quantitative estimate of drug-likeness (QED) is 0.743. The SMILES string of the molecule is CC1(C2CCCN(CC(=O)N3CCCCCC3)C2)NC(=O)NC1=O. The topological polar surface area (TPSA) is 81.8 Å². The Morgan fingerprint density at radius 3 is 2.46 bits per heavy atom. The number of hydrogen-bond donors (Lipinski definition) is 2. The number of amides is 4. The molecule has 134 valence electrons. The molecule has 2 unspecified atom stereocenters. The molecule has 0 saturated carbocycles. The molecule has 0 radical (unpaired) electrons. The zero-order valence-corrected chi connectivity index (χ0v) is 14.5. The summed E-state index contributed by atoms with van der Waals surface area (Å²) >= 11 is 0. The average Bonchev–Trinajstić information content (AvgIpc) is 2.75. The van der Waals surface area contributed by atoms with E-state index in [4.69, 9.17) is 0 Å². The Hall–Kier alpha value is -1.63. The van der Waals surface area contributed by atoms with Crippen molar-refractivity contribution >= 4 is 17.8 Å². The summed E-state index contributed by atoms with van der Waals surface area (Å²) in [7, 11) is 0. The fraction of sp³-hybridized carbons (Fsp3) is 0.824. The first-order valence-corrected chi connectivity index (χ1v) is 9.13. The minimum atomic E-state index is -0.860. The van der Waals surface area contributed by atoms with E-state index in [9.17, 15) is 14.4 Å². The predicted octanol–water partition coefficient (Wildman–Crippen LogP) is 0.699. The van der Waals surface area contributed by atoms with E-state index in [0.29, 0.717) is 13.1 Å². The van der Waals surface area contributed by atoms with E-state index in [1.54, 1.807) is 6.92 Å². The van der Waals surface area contributed by atoms with Crippen LogP contribution in [0.1, 0.15) is 45.4 Å². The summed E-state index contributed by atoms with van der Waals surface area (Å²) in [5.41, 5.74) is -0.860. The van der Waals surface area contributed by atoms with Gasteiger partial charge >= 0.3 is 6.03 Å². The molecule has 7 heteroatoms. The van der Waals surface area contributed by atoms with Gasteiger partial charge in [-0.2, -0.15) is 0 Å². The van der Waals surface area contributed by atoms with Crippen molar-refractivity contribution in [2.75, 3.05) is 32.7 Å². The summed E-state index contributed by atoms with van der Waals surface area (Å²) in [5.74, 6) is -0.0181. The Bertz CT molecular complexity index is 516. The van der Waals surface area contributed by atoms with Crippen LogP contribution < -0.4 is 10.6 Å². The van der Waals surface area contributed by atoms with Crippen LogP contribution >= 0.6 is 0 Å². The maximum atomic E-state index is 12.6. The largest absolute Gasteiger partial charge is 0.342 e. The Labute approximate surface area is 143 Å². The van der Waals surface area contributed by atoms with Crippen LogP contribution in [0.2, 0.25) is 0 Å². The Morgan fingerprint density at radius 2 is 1.83 bits per heavy atom. The predicted molar refractivity (Wildman–Crippen MR) is 89.3 cm³/mol. The van der Waals surface area contributed by atoms with Crippen LogP contribution in [0.3, 0.4) is 0 Å². The van der Waals surface area contributed by atoms with Gasteiger partial charge in [0.2, 0.25) is 5.91 Å². The third kappa shape index (κ3) is 3.55. The summed E-state index contributed by atoms with van der Waals surface area (Å²) in [6.07, 6.45) is 6.44. The van der Waals surface area contributed by atoms with E-state index in [1.165, 1.54) is 12.8 Å². The van der Waals surface area contributed by atoms with Gasteiger partial charge in [-0.25, -0.2) is 4.79 Å². The summed E-state index contributed by atoms with van der Waals surface area (Å²) in [4.78, 5) is 40.3. The van der Waals surface area contributed by atoms with Crippen molar-refractivity contribution in [2.45, 2.75) is 51.0 Å². The molecule has 0 spiro atoms. The summed E-state index contributed by atoms with van der Waals surface area (Å²) in [6, 6.07) is -0.416. The standard InChI is InChI=1S/C17H28N4O3/c1-17(15(23)18-16(24)19-17)13-7-6-8-20(11-13)12-14(22)21-9-4-2-3-5-10-21/h13H,2-12H2,1H3,(H2,18,19,23,24). The van der Waals surface area contributed by atoms with Crippen LogP contribution in [0.25, 0.3) is 0 Å². The summed E-state index contributed by atoms with van der Waals surface area (Å²) in [5, 5.41) is 5.11. The van der Waals surface area contributed by atoms with E-state index in [2.05, 4.69) is 15.5 Å². The van der Waals surface area contributed by atoms with Gasteiger partial charge in [-0.3, -0.25) is 19.8 Å². The molecule has 0 aliphatic carbocycles. The third-order valence-corrected chi connectivity index (χ3v) is 5.71. The molecule has 7 nitrogen and oxygen atoms in total. The van der Waals surface area contributed by atoms with Gasteiger partial charge in [0.05, 0.1) is 6.54 Å². The van der Waals surface area contributed by atoms with Gasteiger partial charge in [0.1, 0.15) is 5.54 Å². The van der Waals surface area contributed by atoms with Gasteiger partial charge in [0.25, 0.3) is 5.91 Å². The molecule has 2 atom stereocenters. The second-order valence-electron chi connectivity index (χ2n) is 7.48. The third-order valence-electron chi connectivity index (χ3n) is 5.71. The average molecular weight is 336 g/mol. The van der Waals surface area contributed by atoms with E-state index < -0.39 is 11.6 Å². The van der Waals surface area contributed by atoms with Crippen LogP contribution in [0.15, 0.2) is 0 Å². The molecule has 3 rings (SSSR count). The summed E-state index contributed by atoms with van der Waals surface area (Å²) < 4.78 is 0. The fourth-order valence-electron chi connectivity index (χ4n) is 4.13. The first-order valence-electron chi connectivity index (χ1n) is 9.13. The van der Waals surface area contributed by atoms with Crippen molar-refractivity contribution in [1.82, 2.24) is 20.4 Å². The van der Waals surface area contributed by atoms with Crippen LogP contribution in [-0.2, 0) is 9.59 Å². The number of nitrogens with one attached hydrogen (secondary N) is 2. The Kier molecular flexibility index (Phi) is 5.08. The van der Waals surface area contributed by atoms with Gasteiger partial charge in [0.15, 0.2) is 0 Å². The first-order chi connectivity index (χ1) is 11.5. The smallest absolute Gasteiger partial charge is 0.322 e. The molecule has 4 amide bonds. The molecule has 0 aromatic carbocycles. The van der Waals surface area contributed by atoms with Crippen LogP contribution in [0.5, 0.6) is 0 Å². The molecule has 3 aliphatic rings. The highest BCUT2D eigenvalue weighted by Gasteiger charge is 2.49. The highest BCUT2D eigenvalue weighted by molar-refractivity contribution is 6.07. The zero-order valence-electron chi connectivity index (χ0n) is 14.5. The molecule has 0 aromatic heterocycles. The van der Waals surface area contributed by atoms with Crippen molar-refractivity contribution in [2.24, 2.45) is 5.92 Å². The lowest BCUT2D eigenvalue weighted by atomic mass is 9.80. The highest BCUT2D eigenvalue weighted by Crippen LogP contribution is 2.29. The van der Waals surface area contributed by atoms with Crippen molar-refractivity contribution in [3.63, 3.8) is 0 Å². The number of piperidine rings is 1. The molecule has 2 N–H and O–H groups in total. The lowest BCUT2D eigenvalue weighted by molar-refractivity contribution is -0.133. The van der Waals surface area contributed by atoms with Crippen LogP contribution in [0.4, 0.5) is 4.79 Å². The van der Waals surface area contributed by atoms with Gasteiger partial charge in [-0.1, -0.05) is 12.8 Å². The van der Waals surface area contributed by atoms with E-state index in [1.807, 2.05) is 4.90 Å². The van der Waals surface area contributed by atoms with Crippen LogP contribution in [-0.4, -0.2) is 65.9 Å². The van der Waals surface area contributed by atoms with Crippen molar-refractivity contribution in [1.29, 1.82) is 0 Å². The maximum absolute atomic E-state index is 12.6. The number of imide groups is 1. The van der Waals surface area contributed by atoms with Crippen molar-refractivity contribution in [3.8, 4) is 0 Å². The molecule has 3 fully saturated rings. The van der Waals surface area contributed by atoms with Gasteiger partial charge in [-0.05, 0) is 39.2 Å². The lowest BCUT2D eigenvalue weighted by Crippen LogP contribution is -2.56. The Morgan fingerprint density at radius 1 is 1.12 bits per heavy atom. The van der Waals surface area contributed by atoms with Gasteiger partial charge in [0, 0.05) is 25.6 Å².